The van der Waals surface area contributed by atoms with Crippen molar-refractivity contribution in [3.63, 3.8) is 0 Å². The quantitative estimate of drug-likeness (QED) is 0.503. The standard InChI is InChI=1S/C25H22ClFN2O2/c1-17-7-2-4-11-22(17)24-14-21(31-28-24)16-29(15-19-8-3-5-12-23(19)26)25(30)18-9-6-10-20(27)13-18/h2-13,21H,14-16H2,1H3/t21-/m0/s1. The van der Waals surface area contributed by atoms with Crippen molar-refractivity contribution in [2.45, 2.75) is 26.0 Å². The summed E-state index contributed by atoms with van der Waals surface area (Å²) in [6.45, 7) is 2.62. The smallest absolute Gasteiger partial charge is 0.254 e. The number of hydrogen-bond acceptors (Lipinski definition) is 3. The van der Waals surface area contributed by atoms with E-state index in [-0.39, 0.29) is 24.1 Å². The largest absolute Gasteiger partial charge is 0.390 e. The van der Waals surface area contributed by atoms with Crippen molar-refractivity contribution >= 4 is 23.2 Å². The molecule has 1 atom stereocenters. The molecule has 0 bridgehead atoms. The number of carbonyl (C=O) groups is 1. The number of hydrogen-bond donors (Lipinski definition) is 0. The minimum absolute atomic E-state index is 0.282. The fraction of sp³-hybridized carbons (Fsp3) is 0.200. The minimum Gasteiger partial charge on any atom is -0.390 e. The Kier molecular flexibility index (Phi) is 6.33. The molecule has 1 amide bonds. The number of halogens is 2. The summed E-state index contributed by atoms with van der Waals surface area (Å²) in [5.41, 5.74) is 4.12. The van der Waals surface area contributed by atoms with Gasteiger partial charge in [-0.1, -0.05) is 65.3 Å². The van der Waals surface area contributed by atoms with Crippen LogP contribution in [0.25, 0.3) is 0 Å². The molecule has 0 fully saturated rings. The lowest BCUT2D eigenvalue weighted by molar-refractivity contribution is 0.0405. The molecule has 1 aliphatic rings. The monoisotopic (exact) mass is 436 g/mol. The number of carbonyl (C=O) groups excluding carboxylic acids is 1. The molecular weight excluding hydrogens is 415 g/mol. The first-order valence-corrected chi connectivity index (χ1v) is 10.5. The summed E-state index contributed by atoms with van der Waals surface area (Å²) < 4.78 is 13.7. The van der Waals surface area contributed by atoms with Crippen LogP contribution in [0.15, 0.2) is 78.0 Å². The van der Waals surface area contributed by atoms with Gasteiger partial charge in [-0.2, -0.15) is 0 Å². The Balaban J connectivity index is 1.54. The predicted octanol–water partition coefficient (Wildman–Crippen LogP) is 5.62. The van der Waals surface area contributed by atoms with E-state index in [9.17, 15) is 9.18 Å². The van der Waals surface area contributed by atoms with Crippen molar-refractivity contribution in [1.82, 2.24) is 4.90 Å². The van der Waals surface area contributed by atoms with Gasteiger partial charge < -0.3 is 9.74 Å². The van der Waals surface area contributed by atoms with Crippen molar-refractivity contribution in [3.8, 4) is 0 Å². The first-order valence-electron chi connectivity index (χ1n) is 10.1. The Labute approximate surface area is 185 Å². The van der Waals surface area contributed by atoms with Crippen LogP contribution in [-0.4, -0.2) is 29.2 Å². The summed E-state index contributed by atoms with van der Waals surface area (Å²) in [6, 6.07) is 21.1. The molecule has 4 nitrogen and oxygen atoms in total. The van der Waals surface area contributed by atoms with Gasteiger partial charge in [0.15, 0.2) is 6.10 Å². The van der Waals surface area contributed by atoms with E-state index < -0.39 is 5.82 Å². The third-order valence-corrected chi connectivity index (χ3v) is 5.66. The highest BCUT2D eigenvalue weighted by molar-refractivity contribution is 6.31. The first-order chi connectivity index (χ1) is 15.0. The zero-order valence-corrected chi connectivity index (χ0v) is 17.8. The lowest BCUT2D eigenvalue weighted by atomic mass is 10.00. The molecule has 1 aliphatic heterocycles. The van der Waals surface area contributed by atoms with Crippen molar-refractivity contribution < 1.29 is 14.0 Å². The van der Waals surface area contributed by atoms with E-state index in [2.05, 4.69) is 5.16 Å². The molecule has 1 heterocycles. The van der Waals surface area contributed by atoms with Gasteiger partial charge >= 0.3 is 0 Å². The van der Waals surface area contributed by atoms with Gasteiger partial charge in [-0.15, -0.1) is 0 Å². The van der Waals surface area contributed by atoms with Gasteiger partial charge in [-0.05, 0) is 42.3 Å². The average molecular weight is 437 g/mol. The summed E-state index contributed by atoms with van der Waals surface area (Å²) in [5.74, 6) is -0.738. The molecule has 0 spiro atoms. The molecule has 3 aromatic carbocycles. The fourth-order valence-electron chi connectivity index (χ4n) is 3.68. The predicted molar refractivity (Wildman–Crippen MR) is 120 cm³/mol. The van der Waals surface area contributed by atoms with E-state index in [4.69, 9.17) is 16.4 Å². The van der Waals surface area contributed by atoms with E-state index in [1.54, 1.807) is 17.0 Å². The molecule has 158 valence electrons. The number of nitrogens with zero attached hydrogens (tertiary/aromatic N) is 2. The van der Waals surface area contributed by atoms with E-state index >= 15 is 0 Å². The van der Waals surface area contributed by atoms with E-state index in [0.29, 0.717) is 18.0 Å². The lowest BCUT2D eigenvalue weighted by Gasteiger charge is -2.25. The number of oxime groups is 1. The van der Waals surface area contributed by atoms with Crippen LogP contribution in [0, 0.1) is 12.7 Å². The highest BCUT2D eigenvalue weighted by atomic mass is 35.5. The lowest BCUT2D eigenvalue weighted by Crippen LogP contribution is -2.37. The van der Waals surface area contributed by atoms with Crippen LogP contribution in [0.5, 0.6) is 0 Å². The van der Waals surface area contributed by atoms with Gasteiger partial charge in [0.05, 0.1) is 12.3 Å². The van der Waals surface area contributed by atoms with Crippen LogP contribution in [0.1, 0.15) is 33.5 Å². The molecule has 0 N–H and O–H groups in total. The number of benzene rings is 3. The van der Waals surface area contributed by atoms with Crippen molar-refractivity contribution in [2.75, 3.05) is 6.54 Å². The summed E-state index contributed by atoms with van der Waals surface area (Å²) in [7, 11) is 0. The third-order valence-electron chi connectivity index (χ3n) is 5.29. The van der Waals surface area contributed by atoms with Gasteiger partial charge in [-0.25, -0.2) is 4.39 Å². The maximum atomic E-state index is 13.7. The minimum atomic E-state index is -0.453. The topological polar surface area (TPSA) is 41.9 Å². The SMILES string of the molecule is Cc1ccccc1C1=NO[C@H](CN(Cc2ccccc2Cl)C(=O)c2cccc(F)c2)C1. The van der Waals surface area contributed by atoms with Gasteiger partial charge in [0, 0.05) is 29.1 Å². The van der Waals surface area contributed by atoms with Gasteiger partial charge in [0.1, 0.15) is 5.82 Å². The Morgan fingerprint density at radius 3 is 2.68 bits per heavy atom. The Morgan fingerprint density at radius 1 is 1.13 bits per heavy atom. The second-order valence-electron chi connectivity index (χ2n) is 7.57. The molecule has 0 radical (unpaired) electrons. The summed E-state index contributed by atoms with van der Waals surface area (Å²) >= 11 is 6.33. The normalized spacial score (nSPS) is 15.3. The molecule has 0 unspecified atom stereocenters. The van der Waals surface area contributed by atoms with E-state index in [0.717, 1.165) is 22.4 Å². The molecule has 0 aromatic heterocycles. The van der Waals surface area contributed by atoms with Crippen LogP contribution in [0.3, 0.4) is 0 Å². The van der Waals surface area contributed by atoms with Crippen molar-refractivity contribution in [1.29, 1.82) is 0 Å². The van der Waals surface area contributed by atoms with Crippen LogP contribution in [-0.2, 0) is 11.4 Å². The maximum absolute atomic E-state index is 13.7. The van der Waals surface area contributed by atoms with Crippen molar-refractivity contribution in [2.24, 2.45) is 5.16 Å². The highest BCUT2D eigenvalue weighted by Crippen LogP contribution is 2.23. The molecule has 31 heavy (non-hydrogen) atoms. The van der Waals surface area contributed by atoms with Crippen LogP contribution in [0.2, 0.25) is 5.02 Å². The zero-order valence-electron chi connectivity index (χ0n) is 17.1. The van der Waals surface area contributed by atoms with Crippen LogP contribution in [0.4, 0.5) is 4.39 Å². The number of amides is 1. The van der Waals surface area contributed by atoms with Crippen molar-refractivity contribution in [3.05, 3.63) is 106 Å². The Hall–Kier alpha value is -3.18. The van der Waals surface area contributed by atoms with E-state index in [1.165, 1.54) is 18.2 Å². The first kappa shape index (κ1) is 21.1. The molecular formula is C25H22ClFN2O2. The summed E-state index contributed by atoms with van der Waals surface area (Å²) in [5, 5.41) is 4.84. The second-order valence-corrected chi connectivity index (χ2v) is 7.98. The zero-order chi connectivity index (χ0) is 21.8. The van der Waals surface area contributed by atoms with Gasteiger partial charge in [0.2, 0.25) is 0 Å². The Morgan fingerprint density at radius 2 is 1.90 bits per heavy atom. The van der Waals surface area contributed by atoms with Gasteiger partial charge in [0.25, 0.3) is 5.91 Å². The molecule has 0 aliphatic carbocycles. The number of aryl methyl sites for hydroxylation is 1. The third kappa shape index (κ3) is 4.94. The van der Waals surface area contributed by atoms with E-state index in [1.807, 2.05) is 49.4 Å². The fourth-order valence-corrected chi connectivity index (χ4v) is 3.88. The highest BCUT2D eigenvalue weighted by Gasteiger charge is 2.28. The maximum Gasteiger partial charge on any atom is 0.254 e. The molecule has 6 heteroatoms. The summed E-state index contributed by atoms with van der Waals surface area (Å²) in [4.78, 5) is 20.5. The van der Waals surface area contributed by atoms with Crippen LogP contribution >= 0.6 is 11.6 Å². The molecule has 4 rings (SSSR count). The Bertz CT molecular complexity index is 1130. The van der Waals surface area contributed by atoms with Crippen LogP contribution < -0.4 is 0 Å². The summed E-state index contributed by atoms with van der Waals surface area (Å²) in [6.07, 6.45) is 0.287. The molecule has 0 saturated heterocycles. The second kappa shape index (κ2) is 9.31. The number of rotatable bonds is 6. The molecule has 3 aromatic rings. The molecule has 0 saturated carbocycles. The average Bonchev–Trinajstić information content (AvgIpc) is 3.23. The van der Waals surface area contributed by atoms with Gasteiger partial charge in [-0.3, -0.25) is 4.79 Å².